The molecule has 3 rings (SSSR count). The fraction of sp³-hybridized carbons (Fsp3) is 0.857. The second kappa shape index (κ2) is 4.56. The van der Waals surface area contributed by atoms with Crippen LogP contribution in [0.3, 0.4) is 0 Å². The van der Waals surface area contributed by atoms with Crippen LogP contribution >= 0.6 is 0 Å². The monoisotopic (exact) mass is 265 g/mol. The summed E-state index contributed by atoms with van der Waals surface area (Å²) < 4.78 is 11.2. The van der Waals surface area contributed by atoms with Gasteiger partial charge in [-0.25, -0.2) is 0 Å². The van der Waals surface area contributed by atoms with Gasteiger partial charge in [0.05, 0.1) is 5.54 Å². The molecule has 1 aromatic heterocycles. The van der Waals surface area contributed by atoms with Crippen molar-refractivity contribution in [1.29, 1.82) is 0 Å². The molecule has 1 saturated heterocycles. The SMILES string of the molecule is CC1CCCC(N)(c2noc(C3(C)CCCO3)n2)C1. The minimum absolute atomic E-state index is 0.415. The zero-order valence-corrected chi connectivity index (χ0v) is 11.8. The summed E-state index contributed by atoms with van der Waals surface area (Å²) in [6, 6.07) is 0. The van der Waals surface area contributed by atoms with Crippen LogP contribution in [-0.2, 0) is 15.9 Å². The molecule has 0 amide bonds. The molecule has 5 heteroatoms. The Bertz CT molecular complexity index is 453. The molecule has 19 heavy (non-hydrogen) atoms. The van der Waals surface area contributed by atoms with E-state index in [9.17, 15) is 0 Å². The lowest BCUT2D eigenvalue weighted by Gasteiger charge is -2.33. The lowest BCUT2D eigenvalue weighted by molar-refractivity contribution is -0.00937. The summed E-state index contributed by atoms with van der Waals surface area (Å²) in [5.41, 5.74) is 5.66. The van der Waals surface area contributed by atoms with E-state index in [2.05, 4.69) is 17.1 Å². The fourth-order valence-corrected chi connectivity index (χ4v) is 3.38. The molecule has 0 spiro atoms. The van der Waals surface area contributed by atoms with Gasteiger partial charge < -0.3 is 15.0 Å². The average molecular weight is 265 g/mol. The minimum Gasteiger partial charge on any atom is -0.365 e. The minimum atomic E-state index is -0.422. The van der Waals surface area contributed by atoms with Gasteiger partial charge in [0.25, 0.3) is 5.89 Å². The lowest BCUT2D eigenvalue weighted by Crippen LogP contribution is -2.42. The summed E-state index contributed by atoms with van der Waals surface area (Å²) in [7, 11) is 0. The van der Waals surface area contributed by atoms with E-state index in [0.29, 0.717) is 17.6 Å². The zero-order chi connectivity index (χ0) is 13.5. The van der Waals surface area contributed by atoms with Gasteiger partial charge in [-0.15, -0.1) is 0 Å². The van der Waals surface area contributed by atoms with Crippen molar-refractivity contribution >= 4 is 0 Å². The van der Waals surface area contributed by atoms with Crippen LogP contribution in [0.15, 0.2) is 4.52 Å². The predicted molar refractivity (Wildman–Crippen MR) is 70.3 cm³/mol. The van der Waals surface area contributed by atoms with Crippen LogP contribution in [0.1, 0.15) is 64.1 Å². The van der Waals surface area contributed by atoms with Crippen molar-refractivity contribution in [3.63, 3.8) is 0 Å². The third-order valence-corrected chi connectivity index (χ3v) is 4.58. The molecule has 3 atom stereocenters. The first-order valence-electron chi connectivity index (χ1n) is 7.29. The van der Waals surface area contributed by atoms with Gasteiger partial charge in [-0.05, 0) is 38.5 Å². The Morgan fingerprint density at radius 3 is 2.84 bits per heavy atom. The maximum Gasteiger partial charge on any atom is 0.258 e. The van der Waals surface area contributed by atoms with E-state index in [0.717, 1.165) is 38.7 Å². The Kier molecular flexibility index (Phi) is 3.14. The smallest absolute Gasteiger partial charge is 0.258 e. The van der Waals surface area contributed by atoms with Crippen molar-refractivity contribution < 1.29 is 9.26 Å². The van der Waals surface area contributed by atoms with Gasteiger partial charge in [0.1, 0.15) is 5.60 Å². The Morgan fingerprint density at radius 2 is 2.16 bits per heavy atom. The fourth-order valence-electron chi connectivity index (χ4n) is 3.38. The highest BCUT2D eigenvalue weighted by atomic mass is 16.5. The molecular formula is C14H23N3O2. The predicted octanol–water partition coefficient (Wildman–Crippen LogP) is 2.46. The van der Waals surface area contributed by atoms with Crippen LogP contribution < -0.4 is 5.73 Å². The molecule has 5 nitrogen and oxygen atoms in total. The van der Waals surface area contributed by atoms with Gasteiger partial charge in [0, 0.05) is 6.61 Å². The maximum absolute atomic E-state index is 6.50. The highest BCUT2D eigenvalue weighted by molar-refractivity contribution is 5.09. The number of rotatable bonds is 2. The molecule has 2 fully saturated rings. The molecule has 2 aliphatic rings. The number of hydrogen-bond donors (Lipinski definition) is 1. The van der Waals surface area contributed by atoms with Crippen LogP contribution in [0.25, 0.3) is 0 Å². The summed E-state index contributed by atoms with van der Waals surface area (Å²) in [6.45, 7) is 5.02. The van der Waals surface area contributed by atoms with Gasteiger partial charge in [-0.1, -0.05) is 24.9 Å². The Balaban J connectivity index is 1.84. The largest absolute Gasteiger partial charge is 0.365 e. The molecule has 0 aromatic carbocycles. The number of hydrogen-bond acceptors (Lipinski definition) is 5. The Hall–Kier alpha value is -0.940. The van der Waals surface area contributed by atoms with Gasteiger partial charge in [0.2, 0.25) is 0 Å². The molecule has 0 bridgehead atoms. The van der Waals surface area contributed by atoms with Crippen molar-refractivity contribution in [3.8, 4) is 0 Å². The summed E-state index contributed by atoms with van der Waals surface area (Å²) in [5.74, 6) is 1.87. The van der Waals surface area contributed by atoms with Crippen molar-refractivity contribution in [3.05, 3.63) is 11.7 Å². The summed E-state index contributed by atoms with van der Waals surface area (Å²) in [6.07, 6.45) is 6.22. The van der Waals surface area contributed by atoms with Gasteiger partial charge in [0.15, 0.2) is 5.82 Å². The molecular weight excluding hydrogens is 242 g/mol. The molecule has 0 radical (unpaired) electrons. The van der Waals surface area contributed by atoms with Gasteiger partial charge in [-0.2, -0.15) is 4.98 Å². The van der Waals surface area contributed by atoms with E-state index in [-0.39, 0.29) is 0 Å². The number of nitrogens with zero attached hydrogens (tertiary/aromatic N) is 2. The molecule has 2 N–H and O–H groups in total. The summed E-state index contributed by atoms with van der Waals surface area (Å²) >= 11 is 0. The number of nitrogens with two attached hydrogens (primary N) is 1. The van der Waals surface area contributed by atoms with E-state index < -0.39 is 11.1 Å². The Morgan fingerprint density at radius 1 is 1.32 bits per heavy atom. The van der Waals surface area contributed by atoms with Gasteiger partial charge in [-0.3, -0.25) is 0 Å². The molecule has 1 aliphatic carbocycles. The van der Waals surface area contributed by atoms with E-state index >= 15 is 0 Å². The quantitative estimate of drug-likeness (QED) is 0.889. The third-order valence-electron chi connectivity index (χ3n) is 4.58. The first kappa shape index (κ1) is 13.1. The highest BCUT2D eigenvalue weighted by Gasteiger charge is 2.41. The van der Waals surface area contributed by atoms with Crippen LogP contribution in [0.5, 0.6) is 0 Å². The summed E-state index contributed by atoms with van der Waals surface area (Å²) in [5, 5.41) is 4.14. The van der Waals surface area contributed by atoms with Crippen molar-refractivity contribution in [2.75, 3.05) is 6.61 Å². The van der Waals surface area contributed by atoms with Gasteiger partial charge >= 0.3 is 0 Å². The highest BCUT2D eigenvalue weighted by Crippen LogP contribution is 2.39. The molecule has 1 aromatic rings. The van der Waals surface area contributed by atoms with E-state index in [1.165, 1.54) is 6.42 Å². The maximum atomic E-state index is 6.50. The zero-order valence-electron chi connectivity index (χ0n) is 11.8. The van der Waals surface area contributed by atoms with Crippen molar-refractivity contribution in [1.82, 2.24) is 10.1 Å². The third kappa shape index (κ3) is 2.30. The van der Waals surface area contributed by atoms with Crippen LogP contribution in [0.4, 0.5) is 0 Å². The van der Waals surface area contributed by atoms with Crippen molar-refractivity contribution in [2.24, 2.45) is 11.7 Å². The van der Waals surface area contributed by atoms with Crippen LogP contribution in [0, 0.1) is 5.92 Å². The van der Waals surface area contributed by atoms with Crippen LogP contribution in [0.2, 0.25) is 0 Å². The van der Waals surface area contributed by atoms with E-state index in [4.69, 9.17) is 15.0 Å². The molecule has 1 aliphatic heterocycles. The number of ether oxygens (including phenoxy) is 1. The van der Waals surface area contributed by atoms with E-state index in [1.807, 2.05) is 6.92 Å². The first-order valence-corrected chi connectivity index (χ1v) is 7.29. The second-order valence-electron chi connectivity index (χ2n) is 6.46. The Labute approximate surface area is 113 Å². The molecule has 106 valence electrons. The van der Waals surface area contributed by atoms with Crippen LogP contribution in [-0.4, -0.2) is 16.7 Å². The molecule has 1 saturated carbocycles. The number of aromatic nitrogens is 2. The van der Waals surface area contributed by atoms with E-state index in [1.54, 1.807) is 0 Å². The summed E-state index contributed by atoms with van der Waals surface area (Å²) in [4.78, 5) is 4.57. The average Bonchev–Trinajstić information content (AvgIpc) is 2.98. The topological polar surface area (TPSA) is 74.2 Å². The second-order valence-corrected chi connectivity index (χ2v) is 6.46. The standard InChI is InChI=1S/C14H23N3O2/c1-10-5-3-7-14(15,9-10)11-16-12(19-17-11)13(2)6-4-8-18-13/h10H,3-9,15H2,1-2H3. The molecule has 3 unspecified atom stereocenters. The molecule has 2 heterocycles. The first-order chi connectivity index (χ1) is 9.02. The lowest BCUT2D eigenvalue weighted by atomic mass is 9.76. The normalized spacial score (nSPS) is 39.6. The van der Waals surface area contributed by atoms with Crippen molar-refractivity contribution in [2.45, 2.75) is 63.5 Å².